The van der Waals surface area contributed by atoms with Crippen molar-refractivity contribution < 1.29 is 24.1 Å². The molecule has 1 heterocycles. The molecule has 0 aliphatic heterocycles. The van der Waals surface area contributed by atoms with Crippen LogP contribution < -0.4 is 14.2 Å². The highest BCUT2D eigenvalue weighted by molar-refractivity contribution is 8.04. The fourth-order valence-corrected chi connectivity index (χ4v) is 3.99. The predicted molar refractivity (Wildman–Crippen MR) is 132 cm³/mol. The van der Waals surface area contributed by atoms with Crippen LogP contribution >= 0.6 is 11.8 Å². The van der Waals surface area contributed by atoms with Crippen molar-refractivity contribution in [3.05, 3.63) is 52.9 Å². The molecule has 0 bridgehead atoms. The van der Waals surface area contributed by atoms with Gasteiger partial charge in [0.15, 0.2) is 11.0 Å². The number of carbonyl (C=O) groups is 1. The summed E-state index contributed by atoms with van der Waals surface area (Å²) in [7, 11) is 3.16. The molecule has 0 aliphatic carbocycles. The summed E-state index contributed by atoms with van der Waals surface area (Å²) in [6.07, 6.45) is 1.61. The number of benzene rings is 2. The number of rotatable bonds is 11. The van der Waals surface area contributed by atoms with E-state index in [9.17, 15) is 9.90 Å². The van der Waals surface area contributed by atoms with Gasteiger partial charge in [-0.15, -0.1) is 10.2 Å². The third-order valence-corrected chi connectivity index (χ3v) is 5.81. The molecular formula is C25H29N3O5S. The van der Waals surface area contributed by atoms with E-state index >= 15 is 0 Å². The number of carboxylic acids is 1. The van der Waals surface area contributed by atoms with Crippen LogP contribution in [0.15, 0.2) is 52.5 Å². The topological polar surface area (TPSA) is 95.7 Å². The third-order valence-electron chi connectivity index (χ3n) is 4.82. The number of carboxylic acid groups (broad SMARTS) is 1. The summed E-state index contributed by atoms with van der Waals surface area (Å²) in [5.41, 5.74) is 1.51. The van der Waals surface area contributed by atoms with E-state index < -0.39 is 5.97 Å². The molecule has 2 aromatic carbocycles. The number of aromatic nitrogens is 3. The Hall–Kier alpha value is -3.46. The normalized spacial score (nSPS) is 11.5. The monoisotopic (exact) mass is 483 g/mol. The van der Waals surface area contributed by atoms with Crippen molar-refractivity contribution in [1.82, 2.24) is 14.8 Å². The molecule has 0 saturated carbocycles. The van der Waals surface area contributed by atoms with E-state index in [1.54, 1.807) is 26.4 Å². The number of ether oxygens (including phenoxy) is 3. The van der Waals surface area contributed by atoms with Crippen molar-refractivity contribution in [2.24, 2.45) is 5.92 Å². The SMILES string of the molecule is CCn1c(S/C(=C/c2ccc(OCC(C)C)cc2)C(=O)O)nnc1-c1cc(OC)cc(OC)c1. The van der Waals surface area contributed by atoms with Crippen LogP contribution in [0.4, 0.5) is 0 Å². The van der Waals surface area contributed by atoms with Crippen LogP contribution in [0, 0.1) is 5.92 Å². The molecule has 1 aromatic heterocycles. The molecule has 0 spiro atoms. The van der Waals surface area contributed by atoms with E-state index in [4.69, 9.17) is 14.2 Å². The lowest BCUT2D eigenvalue weighted by Crippen LogP contribution is -2.04. The molecule has 34 heavy (non-hydrogen) atoms. The molecule has 180 valence electrons. The molecule has 0 aliphatic rings. The van der Waals surface area contributed by atoms with E-state index in [0.717, 1.165) is 28.6 Å². The van der Waals surface area contributed by atoms with Gasteiger partial charge in [0.05, 0.1) is 20.8 Å². The van der Waals surface area contributed by atoms with Gasteiger partial charge in [-0.2, -0.15) is 0 Å². The van der Waals surface area contributed by atoms with Crippen molar-refractivity contribution in [3.63, 3.8) is 0 Å². The molecule has 0 unspecified atom stereocenters. The summed E-state index contributed by atoms with van der Waals surface area (Å²) in [5, 5.41) is 18.9. The Balaban J connectivity index is 1.88. The van der Waals surface area contributed by atoms with Gasteiger partial charge >= 0.3 is 5.97 Å². The van der Waals surface area contributed by atoms with Crippen molar-refractivity contribution in [1.29, 1.82) is 0 Å². The molecule has 8 nitrogen and oxygen atoms in total. The molecule has 1 N–H and O–H groups in total. The molecule has 0 atom stereocenters. The van der Waals surface area contributed by atoms with Crippen LogP contribution in [0.5, 0.6) is 17.2 Å². The maximum atomic E-state index is 12.0. The van der Waals surface area contributed by atoms with Gasteiger partial charge in [-0.3, -0.25) is 0 Å². The minimum Gasteiger partial charge on any atom is -0.497 e. The average Bonchev–Trinajstić information content (AvgIpc) is 3.25. The summed E-state index contributed by atoms with van der Waals surface area (Å²) >= 11 is 1.05. The van der Waals surface area contributed by atoms with Gasteiger partial charge in [-0.05, 0) is 60.5 Å². The van der Waals surface area contributed by atoms with Gasteiger partial charge in [0, 0.05) is 18.2 Å². The fourth-order valence-electron chi connectivity index (χ4n) is 3.11. The highest BCUT2D eigenvalue weighted by Crippen LogP contribution is 2.33. The van der Waals surface area contributed by atoms with E-state index in [2.05, 4.69) is 24.0 Å². The van der Waals surface area contributed by atoms with E-state index in [0.29, 0.717) is 41.5 Å². The first-order valence-corrected chi connectivity index (χ1v) is 11.7. The van der Waals surface area contributed by atoms with E-state index in [1.807, 2.05) is 47.9 Å². The Morgan fingerprint density at radius 3 is 2.24 bits per heavy atom. The summed E-state index contributed by atoms with van der Waals surface area (Å²) in [6, 6.07) is 12.8. The smallest absolute Gasteiger partial charge is 0.342 e. The van der Waals surface area contributed by atoms with Crippen molar-refractivity contribution in [2.45, 2.75) is 32.5 Å². The van der Waals surface area contributed by atoms with Crippen molar-refractivity contribution >= 4 is 23.8 Å². The Morgan fingerprint density at radius 1 is 1.06 bits per heavy atom. The Bertz CT molecular complexity index is 1130. The minimum atomic E-state index is -1.04. The summed E-state index contributed by atoms with van der Waals surface area (Å²) in [6.45, 7) is 7.30. The van der Waals surface area contributed by atoms with E-state index in [1.165, 1.54) is 0 Å². The molecule has 0 amide bonds. The lowest BCUT2D eigenvalue weighted by molar-refractivity contribution is -0.131. The zero-order chi connectivity index (χ0) is 24.7. The Kier molecular flexibility index (Phi) is 8.59. The average molecular weight is 484 g/mol. The summed E-state index contributed by atoms with van der Waals surface area (Å²) < 4.78 is 18.3. The van der Waals surface area contributed by atoms with Gasteiger partial charge in [0.25, 0.3) is 0 Å². The molecule has 0 fully saturated rings. The number of hydrogen-bond donors (Lipinski definition) is 1. The Morgan fingerprint density at radius 2 is 1.71 bits per heavy atom. The second-order valence-corrected chi connectivity index (χ2v) is 8.85. The van der Waals surface area contributed by atoms with Crippen molar-refractivity contribution in [3.8, 4) is 28.6 Å². The molecule has 3 rings (SSSR count). The van der Waals surface area contributed by atoms with Crippen LogP contribution in [-0.4, -0.2) is 46.7 Å². The first-order valence-electron chi connectivity index (χ1n) is 10.9. The zero-order valence-electron chi connectivity index (χ0n) is 19.9. The van der Waals surface area contributed by atoms with E-state index in [-0.39, 0.29) is 4.91 Å². The number of thioether (sulfide) groups is 1. The maximum Gasteiger partial charge on any atom is 0.342 e. The summed E-state index contributed by atoms with van der Waals surface area (Å²) in [5.74, 6) is 1.98. The zero-order valence-corrected chi connectivity index (χ0v) is 20.8. The third kappa shape index (κ3) is 6.32. The van der Waals surface area contributed by atoms with Crippen LogP contribution in [0.1, 0.15) is 26.3 Å². The quantitative estimate of drug-likeness (QED) is 0.292. The fraction of sp³-hybridized carbons (Fsp3) is 0.320. The first kappa shape index (κ1) is 25.2. The van der Waals surface area contributed by atoms with Crippen LogP contribution in [0.2, 0.25) is 0 Å². The van der Waals surface area contributed by atoms with Gasteiger partial charge in [-0.25, -0.2) is 4.79 Å². The second-order valence-electron chi connectivity index (χ2n) is 7.84. The van der Waals surface area contributed by atoms with Crippen molar-refractivity contribution in [2.75, 3.05) is 20.8 Å². The Labute approximate surface area is 203 Å². The standard InChI is InChI=1S/C25H29N3O5S/c1-6-28-23(18-12-20(31-4)14-21(13-18)32-5)26-27-25(28)34-22(24(29)30)11-17-7-9-19(10-8-17)33-15-16(2)3/h7-14,16H,6,15H2,1-5H3,(H,29,30)/b22-11+. The number of aliphatic carboxylic acids is 1. The minimum absolute atomic E-state index is 0.132. The molecule has 0 saturated heterocycles. The molecular weight excluding hydrogens is 454 g/mol. The first-order chi connectivity index (χ1) is 16.3. The number of nitrogens with zero attached hydrogens (tertiary/aromatic N) is 3. The molecule has 3 aromatic rings. The highest BCUT2D eigenvalue weighted by Gasteiger charge is 2.19. The number of hydrogen-bond acceptors (Lipinski definition) is 7. The largest absolute Gasteiger partial charge is 0.497 e. The van der Waals surface area contributed by atoms with Gasteiger partial charge in [0.1, 0.15) is 22.2 Å². The van der Waals surface area contributed by atoms with Gasteiger partial charge in [0.2, 0.25) is 0 Å². The van der Waals surface area contributed by atoms with Crippen LogP contribution in [-0.2, 0) is 11.3 Å². The molecule has 9 heteroatoms. The van der Waals surface area contributed by atoms with Crippen LogP contribution in [0.25, 0.3) is 17.5 Å². The predicted octanol–water partition coefficient (Wildman–Crippen LogP) is 5.23. The number of methoxy groups -OCH3 is 2. The second kappa shape index (κ2) is 11.6. The van der Waals surface area contributed by atoms with Crippen LogP contribution in [0.3, 0.4) is 0 Å². The van der Waals surface area contributed by atoms with Gasteiger partial charge in [-0.1, -0.05) is 26.0 Å². The maximum absolute atomic E-state index is 12.0. The highest BCUT2D eigenvalue weighted by atomic mass is 32.2. The lowest BCUT2D eigenvalue weighted by Gasteiger charge is -2.11. The lowest BCUT2D eigenvalue weighted by atomic mass is 10.2. The summed E-state index contributed by atoms with van der Waals surface area (Å²) in [4.78, 5) is 12.1. The van der Waals surface area contributed by atoms with Gasteiger partial charge < -0.3 is 23.9 Å². The molecule has 0 radical (unpaired) electrons.